The second-order valence-electron chi connectivity index (χ2n) is 8.81. The number of amides is 2. The van der Waals surface area contributed by atoms with Gasteiger partial charge in [0.1, 0.15) is 16.6 Å². The Labute approximate surface area is 197 Å². The summed E-state index contributed by atoms with van der Waals surface area (Å²) in [6.07, 6.45) is 3.99. The van der Waals surface area contributed by atoms with Crippen LogP contribution in [0.2, 0.25) is 0 Å². The van der Waals surface area contributed by atoms with Crippen molar-refractivity contribution in [1.82, 2.24) is 10.3 Å². The highest BCUT2D eigenvalue weighted by molar-refractivity contribution is 8.16. The Hall–Kier alpha value is -2.87. The summed E-state index contributed by atoms with van der Waals surface area (Å²) in [5.41, 5.74) is 3.06. The van der Waals surface area contributed by atoms with E-state index in [1.165, 1.54) is 12.5 Å². The van der Waals surface area contributed by atoms with Crippen LogP contribution < -0.4 is 10.1 Å². The van der Waals surface area contributed by atoms with Crippen LogP contribution in [-0.4, -0.2) is 39.6 Å². The maximum Gasteiger partial charge on any atom is 0.302 e. The lowest BCUT2D eigenvalue weighted by Crippen LogP contribution is -2.35. The number of rotatable bonds is 9. The molecule has 4 unspecified atom stereocenters. The van der Waals surface area contributed by atoms with Crippen LogP contribution in [0.5, 0.6) is 5.75 Å². The van der Waals surface area contributed by atoms with Gasteiger partial charge in [-0.1, -0.05) is 25.1 Å². The van der Waals surface area contributed by atoms with Crippen LogP contribution in [0.15, 0.2) is 42.6 Å². The van der Waals surface area contributed by atoms with Crippen molar-refractivity contribution in [3.63, 3.8) is 0 Å². The Morgan fingerprint density at radius 3 is 2.52 bits per heavy atom. The fraction of sp³-hybridized carbons (Fsp3) is 0.440. The second-order valence-corrected chi connectivity index (χ2v) is 10.3. The first-order chi connectivity index (χ1) is 15.8. The van der Waals surface area contributed by atoms with E-state index in [0.717, 1.165) is 35.9 Å². The van der Waals surface area contributed by atoms with Crippen molar-refractivity contribution in [2.75, 3.05) is 6.61 Å². The van der Waals surface area contributed by atoms with E-state index in [1.807, 2.05) is 36.5 Å². The van der Waals surface area contributed by atoms with E-state index in [9.17, 15) is 14.4 Å². The first kappa shape index (κ1) is 23.3. The molecule has 4 atom stereocenters. The van der Waals surface area contributed by atoms with Crippen molar-refractivity contribution in [1.29, 1.82) is 0 Å². The van der Waals surface area contributed by atoms with E-state index in [0.29, 0.717) is 18.8 Å². The van der Waals surface area contributed by atoms with Gasteiger partial charge < -0.3 is 9.47 Å². The number of pyridine rings is 1. The van der Waals surface area contributed by atoms with Crippen LogP contribution >= 0.6 is 11.8 Å². The highest BCUT2D eigenvalue weighted by Gasteiger charge is 2.47. The maximum atomic E-state index is 12.1. The second kappa shape index (κ2) is 9.55. The monoisotopic (exact) mass is 468 g/mol. The Bertz CT molecular complexity index is 1040. The van der Waals surface area contributed by atoms with Crippen molar-refractivity contribution in [2.45, 2.75) is 56.8 Å². The summed E-state index contributed by atoms with van der Waals surface area (Å²) in [5, 5.41) is 2.04. The SMILES string of the molecule is CCc1ccc(C(COc2ccc(CC3(C)SC(=O)NC3=O)cc2)C2CC2OC(C)=O)nc1. The summed E-state index contributed by atoms with van der Waals surface area (Å²) in [7, 11) is 0. The van der Waals surface area contributed by atoms with Crippen LogP contribution in [0.4, 0.5) is 4.79 Å². The van der Waals surface area contributed by atoms with Crippen LogP contribution in [0.3, 0.4) is 0 Å². The van der Waals surface area contributed by atoms with Crippen molar-refractivity contribution < 1.29 is 23.9 Å². The molecule has 0 radical (unpaired) electrons. The van der Waals surface area contributed by atoms with Crippen LogP contribution in [0.1, 0.15) is 49.9 Å². The number of hydrogen-bond acceptors (Lipinski definition) is 7. The molecule has 8 heteroatoms. The van der Waals surface area contributed by atoms with Gasteiger partial charge in [-0.3, -0.25) is 24.7 Å². The zero-order valence-electron chi connectivity index (χ0n) is 19.0. The van der Waals surface area contributed by atoms with Gasteiger partial charge >= 0.3 is 5.97 Å². The van der Waals surface area contributed by atoms with Crippen LogP contribution in [0.25, 0.3) is 0 Å². The minimum Gasteiger partial charge on any atom is -0.493 e. The third-order valence-corrected chi connectivity index (χ3v) is 7.22. The number of aryl methyl sites for hydroxylation is 1. The van der Waals surface area contributed by atoms with E-state index in [4.69, 9.17) is 9.47 Å². The average molecular weight is 469 g/mol. The minimum absolute atomic E-state index is 0.0171. The number of aromatic nitrogens is 1. The molecule has 2 aromatic rings. The molecule has 7 nitrogen and oxygen atoms in total. The molecule has 33 heavy (non-hydrogen) atoms. The molecule has 1 aliphatic heterocycles. The Morgan fingerprint density at radius 1 is 1.21 bits per heavy atom. The van der Waals surface area contributed by atoms with Gasteiger partial charge in [-0.15, -0.1) is 0 Å². The maximum absolute atomic E-state index is 12.1. The number of ether oxygens (including phenoxy) is 2. The molecule has 2 aliphatic rings. The highest BCUT2D eigenvalue weighted by Crippen LogP contribution is 2.45. The van der Waals surface area contributed by atoms with E-state index < -0.39 is 4.75 Å². The van der Waals surface area contributed by atoms with Gasteiger partial charge in [0.05, 0.1) is 6.61 Å². The highest BCUT2D eigenvalue weighted by atomic mass is 32.2. The fourth-order valence-corrected chi connectivity index (χ4v) is 5.09. The molecular weight excluding hydrogens is 440 g/mol. The molecule has 1 saturated carbocycles. The van der Waals surface area contributed by atoms with E-state index >= 15 is 0 Å². The number of carbonyl (C=O) groups excluding carboxylic acids is 3. The largest absolute Gasteiger partial charge is 0.493 e. The molecule has 174 valence electrons. The zero-order chi connectivity index (χ0) is 23.6. The topological polar surface area (TPSA) is 94.6 Å². The van der Waals surface area contributed by atoms with Gasteiger partial charge in [-0.05, 0) is 67.3 Å². The molecule has 1 aliphatic carbocycles. The number of benzene rings is 1. The van der Waals surface area contributed by atoms with Crippen molar-refractivity contribution in [3.05, 3.63) is 59.4 Å². The van der Waals surface area contributed by atoms with Gasteiger partial charge in [0.15, 0.2) is 0 Å². The van der Waals surface area contributed by atoms with Crippen molar-refractivity contribution in [3.8, 4) is 5.75 Å². The van der Waals surface area contributed by atoms with Gasteiger partial charge in [0.2, 0.25) is 5.91 Å². The van der Waals surface area contributed by atoms with Gasteiger partial charge in [-0.2, -0.15) is 0 Å². The average Bonchev–Trinajstić information content (AvgIpc) is 3.47. The van der Waals surface area contributed by atoms with Crippen LogP contribution in [-0.2, 0) is 27.2 Å². The van der Waals surface area contributed by atoms with E-state index in [-0.39, 0.29) is 35.1 Å². The number of esters is 1. The van der Waals surface area contributed by atoms with Gasteiger partial charge in [-0.25, -0.2) is 0 Å². The molecule has 1 aromatic carbocycles. The first-order valence-electron chi connectivity index (χ1n) is 11.2. The summed E-state index contributed by atoms with van der Waals surface area (Å²) in [4.78, 5) is 39.6. The van der Waals surface area contributed by atoms with Crippen LogP contribution in [0, 0.1) is 5.92 Å². The standard InChI is InChI=1S/C25H28N2O5S/c1-4-16-7-10-21(26-13-16)20(19-11-22(19)32-15(2)28)14-31-18-8-5-17(6-9-18)12-25(3)23(29)27-24(30)33-25/h5-10,13,19-20,22H,4,11-12,14H2,1-3H3,(H,27,29,30). The predicted octanol–water partition coefficient (Wildman–Crippen LogP) is 4.04. The third kappa shape index (κ3) is 5.55. The summed E-state index contributed by atoms with van der Waals surface area (Å²) in [6, 6.07) is 11.7. The minimum atomic E-state index is -0.793. The lowest BCUT2D eigenvalue weighted by atomic mass is 9.98. The Balaban J connectivity index is 1.41. The number of nitrogens with zero attached hydrogens (tertiary/aromatic N) is 1. The molecule has 1 saturated heterocycles. The summed E-state index contributed by atoms with van der Waals surface area (Å²) >= 11 is 1.03. The quantitative estimate of drug-likeness (QED) is 0.555. The molecule has 0 spiro atoms. The lowest BCUT2D eigenvalue weighted by molar-refractivity contribution is -0.142. The number of carbonyl (C=O) groups is 3. The zero-order valence-corrected chi connectivity index (χ0v) is 19.8. The molecule has 4 rings (SSSR count). The van der Waals surface area contributed by atoms with Gasteiger partial charge in [0.25, 0.3) is 5.24 Å². The molecule has 0 bridgehead atoms. The van der Waals surface area contributed by atoms with Crippen molar-refractivity contribution >= 4 is 28.9 Å². The smallest absolute Gasteiger partial charge is 0.302 e. The fourth-order valence-electron chi connectivity index (χ4n) is 4.15. The number of imide groups is 1. The lowest BCUT2D eigenvalue weighted by Gasteiger charge is -2.19. The van der Waals surface area contributed by atoms with Gasteiger partial charge in [0, 0.05) is 30.7 Å². The number of hydrogen-bond donors (Lipinski definition) is 1. The summed E-state index contributed by atoms with van der Waals surface area (Å²) in [5.74, 6) is 0.390. The predicted molar refractivity (Wildman–Crippen MR) is 125 cm³/mol. The Morgan fingerprint density at radius 2 is 1.94 bits per heavy atom. The molecular formula is C25H28N2O5S. The first-order valence-corrected chi connectivity index (χ1v) is 12.0. The molecule has 1 N–H and O–H groups in total. The van der Waals surface area contributed by atoms with E-state index in [2.05, 4.69) is 23.3 Å². The third-order valence-electron chi connectivity index (χ3n) is 6.16. The number of thioether (sulfide) groups is 1. The van der Waals surface area contributed by atoms with E-state index in [1.54, 1.807) is 6.92 Å². The molecule has 2 amide bonds. The summed E-state index contributed by atoms with van der Waals surface area (Å²) in [6.45, 7) is 5.72. The van der Waals surface area contributed by atoms with Crippen molar-refractivity contribution in [2.24, 2.45) is 5.92 Å². The Kier molecular flexibility index (Phi) is 6.74. The normalized spacial score (nSPS) is 24.8. The molecule has 2 heterocycles. The molecule has 2 fully saturated rings. The summed E-state index contributed by atoms with van der Waals surface area (Å²) < 4.78 is 10.7. The molecule has 1 aromatic heterocycles. The number of nitrogens with one attached hydrogen (secondary N) is 1.